The first-order chi connectivity index (χ1) is 13.7. The second-order valence-corrected chi connectivity index (χ2v) is 7.07. The highest BCUT2D eigenvalue weighted by Crippen LogP contribution is 2.20. The molecule has 7 heteroatoms. The fourth-order valence-electron chi connectivity index (χ4n) is 3.42. The molecule has 0 bridgehead atoms. The molecule has 0 unspecified atom stereocenters. The molecule has 0 aliphatic carbocycles. The molecule has 1 fully saturated rings. The third kappa shape index (κ3) is 5.37. The minimum atomic E-state index is -0.299. The van der Waals surface area contributed by atoms with Crippen molar-refractivity contribution in [1.29, 1.82) is 0 Å². The SMILES string of the molecule is Cl.O=C(Cc1ccc(NC(=O)c2cc3ccccc3o2)cc1)NC1CCNCC1. The van der Waals surface area contributed by atoms with Crippen molar-refractivity contribution < 1.29 is 14.0 Å². The Morgan fingerprint density at radius 2 is 1.76 bits per heavy atom. The molecule has 1 aliphatic rings. The zero-order valence-corrected chi connectivity index (χ0v) is 16.8. The summed E-state index contributed by atoms with van der Waals surface area (Å²) in [4.78, 5) is 24.6. The molecule has 29 heavy (non-hydrogen) atoms. The van der Waals surface area contributed by atoms with Crippen molar-refractivity contribution in [3.05, 3.63) is 65.9 Å². The van der Waals surface area contributed by atoms with Gasteiger partial charge in [-0.15, -0.1) is 12.4 Å². The Balaban J connectivity index is 0.00000240. The van der Waals surface area contributed by atoms with Gasteiger partial charge in [0.05, 0.1) is 6.42 Å². The van der Waals surface area contributed by atoms with Crippen LogP contribution in [0.15, 0.2) is 59.0 Å². The van der Waals surface area contributed by atoms with E-state index in [0.29, 0.717) is 17.7 Å². The highest BCUT2D eigenvalue weighted by Gasteiger charge is 2.16. The maximum atomic E-state index is 12.4. The van der Waals surface area contributed by atoms with E-state index in [1.54, 1.807) is 18.2 Å². The van der Waals surface area contributed by atoms with Crippen LogP contribution in [-0.4, -0.2) is 30.9 Å². The molecular formula is C22H24ClN3O3. The summed E-state index contributed by atoms with van der Waals surface area (Å²) in [6.45, 7) is 1.90. The predicted molar refractivity (Wildman–Crippen MR) is 116 cm³/mol. The average molecular weight is 414 g/mol. The first kappa shape index (κ1) is 20.9. The van der Waals surface area contributed by atoms with Gasteiger partial charge in [0.1, 0.15) is 5.58 Å². The van der Waals surface area contributed by atoms with Crippen LogP contribution in [0.4, 0.5) is 5.69 Å². The van der Waals surface area contributed by atoms with Crippen LogP contribution in [0, 0.1) is 0 Å². The number of piperidine rings is 1. The number of rotatable bonds is 5. The molecule has 2 heterocycles. The molecule has 0 radical (unpaired) electrons. The lowest BCUT2D eigenvalue weighted by molar-refractivity contribution is -0.121. The topological polar surface area (TPSA) is 83.4 Å². The van der Waals surface area contributed by atoms with Gasteiger partial charge in [-0.1, -0.05) is 30.3 Å². The van der Waals surface area contributed by atoms with Gasteiger partial charge in [0.15, 0.2) is 5.76 Å². The summed E-state index contributed by atoms with van der Waals surface area (Å²) in [5, 5.41) is 10.1. The number of carbonyl (C=O) groups is 2. The molecule has 1 aliphatic heterocycles. The fraction of sp³-hybridized carbons (Fsp3) is 0.273. The van der Waals surface area contributed by atoms with E-state index in [-0.39, 0.29) is 36.0 Å². The van der Waals surface area contributed by atoms with Gasteiger partial charge in [-0.3, -0.25) is 9.59 Å². The summed E-state index contributed by atoms with van der Waals surface area (Å²) < 4.78 is 5.58. The van der Waals surface area contributed by atoms with Gasteiger partial charge >= 0.3 is 0 Å². The van der Waals surface area contributed by atoms with Gasteiger partial charge in [-0.05, 0) is 55.8 Å². The van der Waals surface area contributed by atoms with Gasteiger partial charge in [-0.2, -0.15) is 0 Å². The van der Waals surface area contributed by atoms with Crippen LogP contribution >= 0.6 is 12.4 Å². The van der Waals surface area contributed by atoms with Gasteiger partial charge in [0.25, 0.3) is 5.91 Å². The number of hydrogen-bond acceptors (Lipinski definition) is 4. The van der Waals surface area contributed by atoms with E-state index in [0.717, 1.165) is 36.9 Å². The van der Waals surface area contributed by atoms with E-state index >= 15 is 0 Å². The van der Waals surface area contributed by atoms with E-state index in [2.05, 4.69) is 16.0 Å². The molecule has 3 N–H and O–H groups in total. The van der Waals surface area contributed by atoms with Crippen molar-refractivity contribution in [3.8, 4) is 0 Å². The average Bonchev–Trinajstić information content (AvgIpc) is 3.15. The Morgan fingerprint density at radius 3 is 2.48 bits per heavy atom. The summed E-state index contributed by atoms with van der Waals surface area (Å²) >= 11 is 0. The minimum absolute atomic E-state index is 0. The van der Waals surface area contributed by atoms with E-state index in [4.69, 9.17) is 4.42 Å². The van der Waals surface area contributed by atoms with Crippen molar-refractivity contribution in [1.82, 2.24) is 10.6 Å². The van der Waals surface area contributed by atoms with Crippen LogP contribution in [0.1, 0.15) is 29.0 Å². The highest BCUT2D eigenvalue weighted by molar-refractivity contribution is 6.04. The lowest BCUT2D eigenvalue weighted by atomic mass is 10.1. The molecule has 1 aromatic heterocycles. The number of fused-ring (bicyclic) bond motifs is 1. The highest BCUT2D eigenvalue weighted by atomic mass is 35.5. The molecule has 4 rings (SSSR count). The zero-order chi connectivity index (χ0) is 19.3. The monoisotopic (exact) mass is 413 g/mol. The summed E-state index contributed by atoms with van der Waals surface area (Å²) in [7, 11) is 0. The van der Waals surface area contributed by atoms with Gasteiger partial charge in [-0.25, -0.2) is 0 Å². The fourth-order valence-corrected chi connectivity index (χ4v) is 3.42. The van der Waals surface area contributed by atoms with Gasteiger partial charge in [0, 0.05) is 17.1 Å². The predicted octanol–water partition coefficient (Wildman–Crippen LogP) is 3.52. The lowest BCUT2D eigenvalue weighted by Crippen LogP contribution is -2.43. The second-order valence-electron chi connectivity index (χ2n) is 7.07. The number of hydrogen-bond donors (Lipinski definition) is 3. The second kappa shape index (κ2) is 9.58. The Hall–Kier alpha value is -2.83. The quantitative estimate of drug-likeness (QED) is 0.597. The van der Waals surface area contributed by atoms with Crippen LogP contribution in [-0.2, 0) is 11.2 Å². The van der Waals surface area contributed by atoms with Crippen molar-refractivity contribution in [2.24, 2.45) is 0 Å². The number of furan rings is 1. The maximum Gasteiger partial charge on any atom is 0.291 e. The Bertz CT molecular complexity index is 945. The Kier molecular flexibility index (Phi) is 6.90. The standard InChI is InChI=1S/C22H23N3O3.ClH/c26-21(24-18-9-11-23-12-10-18)13-15-5-7-17(8-6-15)25-22(27)20-14-16-3-1-2-4-19(16)28-20;/h1-8,14,18,23H,9-13H2,(H,24,26)(H,25,27);1H. The molecule has 0 saturated carbocycles. The molecule has 1 saturated heterocycles. The number of nitrogens with one attached hydrogen (secondary N) is 3. The number of halogens is 1. The lowest BCUT2D eigenvalue weighted by Gasteiger charge is -2.23. The van der Waals surface area contributed by atoms with Crippen LogP contribution in [0.5, 0.6) is 0 Å². The van der Waals surface area contributed by atoms with Crippen molar-refractivity contribution in [3.63, 3.8) is 0 Å². The first-order valence-electron chi connectivity index (χ1n) is 9.56. The first-order valence-corrected chi connectivity index (χ1v) is 9.56. The third-order valence-corrected chi connectivity index (χ3v) is 4.93. The summed E-state index contributed by atoms with van der Waals surface area (Å²) in [5.41, 5.74) is 2.25. The molecule has 6 nitrogen and oxygen atoms in total. The van der Waals surface area contributed by atoms with E-state index in [1.165, 1.54) is 0 Å². The number of anilines is 1. The molecule has 0 atom stereocenters. The molecule has 0 spiro atoms. The normalized spacial score (nSPS) is 14.2. The molecular weight excluding hydrogens is 390 g/mol. The summed E-state index contributed by atoms with van der Waals surface area (Å²) in [5.74, 6) is 0.00480. The van der Waals surface area contributed by atoms with Gasteiger partial charge in [0.2, 0.25) is 5.91 Å². The van der Waals surface area contributed by atoms with E-state index < -0.39 is 0 Å². The Morgan fingerprint density at radius 1 is 1.03 bits per heavy atom. The van der Waals surface area contributed by atoms with Crippen molar-refractivity contribution in [2.45, 2.75) is 25.3 Å². The van der Waals surface area contributed by atoms with Crippen LogP contribution in [0.25, 0.3) is 11.0 Å². The minimum Gasteiger partial charge on any atom is -0.451 e. The zero-order valence-electron chi connectivity index (χ0n) is 15.9. The summed E-state index contributed by atoms with van der Waals surface area (Å²) in [6, 6.07) is 16.8. The smallest absolute Gasteiger partial charge is 0.291 e. The summed E-state index contributed by atoms with van der Waals surface area (Å²) in [6.07, 6.45) is 2.28. The number of amides is 2. The molecule has 3 aromatic rings. The van der Waals surface area contributed by atoms with Crippen LogP contribution in [0.3, 0.4) is 0 Å². The maximum absolute atomic E-state index is 12.4. The number of benzene rings is 2. The van der Waals surface area contributed by atoms with Crippen molar-refractivity contribution >= 4 is 40.9 Å². The number of carbonyl (C=O) groups excluding carboxylic acids is 2. The van der Waals surface area contributed by atoms with Crippen LogP contribution < -0.4 is 16.0 Å². The number of para-hydroxylation sites is 1. The molecule has 2 aromatic carbocycles. The molecule has 2 amide bonds. The van der Waals surface area contributed by atoms with E-state index in [1.807, 2.05) is 36.4 Å². The largest absolute Gasteiger partial charge is 0.451 e. The van der Waals surface area contributed by atoms with Crippen molar-refractivity contribution in [2.75, 3.05) is 18.4 Å². The molecule has 152 valence electrons. The van der Waals surface area contributed by atoms with E-state index in [9.17, 15) is 9.59 Å². The third-order valence-electron chi connectivity index (χ3n) is 4.93. The van der Waals surface area contributed by atoms with Gasteiger partial charge < -0.3 is 20.4 Å². The van der Waals surface area contributed by atoms with Crippen LogP contribution in [0.2, 0.25) is 0 Å². The Labute approximate surface area is 175 Å².